The van der Waals surface area contributed by atoms with Crippen LogP contribution in [0.2, 0.25) is 0 Å². The summed E-state index contributed by atoms with van der Waals surface area (Å²) >= 11 is 0. The maximum atomic E-state index is 12.6. The number of hydrogen-bond acceptors (Lipinski definition) is 4. The average molecular weight is 277 g/mol. The lowest BCUT2D eigenvalue weighted by atomic mass is 9.79. The first-order valence-electron chi connectivity index (χ1n) is 6.67. The van der Waals surface area contributed by atoms with Gasteiger partial charge in [-0.05, 0) is 38.1 Å². The summed E-state index contributed by atoms with van der Waals surface area (Å²) in [6.45, 7) is 3.67. The van der Waals surface area contributed by atoms with Gasteiger partial charge in [0.15, 0.2) is 0 Å². The van der Waals surface area contributed by atoms with Gasteiger partial charge in [-0.25, -0.2) is 0 Å². The molecule has 6 heteroatoms. The van der Waals surface area contributed by atoms with Gasteiger partial charge in [-0.15, -0.1) is 0 Å². The molecule has 0 radical (unpaired) electrons. The number of carbonyl (C=O) groups excluding carboxylic acids is 1. The molecule has 1 heterocycles. The van der Waals surface area contributed by atoms with Crippen LogP contribution in [0.5, 0.6) is 0 Å². The highest BCUT2D eigenvalue weighted by atomic mass is 16.6. The molecule has 1 aromatic rings. The topological polar surface area (TPSA) is 75.5 Å². The van der Waals surface area contributed by atoms with Crippen LogP contribution in [-0.2, 0) is 4.79 Å². The SMILES string of the molecule is CN(C(=O)C1(C)CCNCC1)c1ccc([N+](=O)[O-])cc1. The fraction of sp³-hybridized carbons (Fsp3) is 0.500. The molecule has 0 aliphatic carbocycles. The third-order valence-corrected chi connectivity index (χ3v) is 3.98. The Hall–Kier alpha value is -1.95. The summed E-state index contributed by atoms with van der Waals surface area (Å²) in [5, 5.41) is 13.9. The van der Waals surface area contributed by atoms with Crippen molar-refractivity contribution in [2.24, 2.45) is 5.41 Å². The van der Waals surface area contributed by atoms with E-state index in [1.165, 1.54) is 12.1 Å². The van der Waals surface area contributed by atoms with Gasteiger partial charge in [0.25, 0.3) is 5.69 Å². The molecule has 0 unspecified atom stereocenters. The van der Waals surface area contributed by atoms with E-state index < -0.39 is 4.92 Å². The van der Waals surface area contributed by atoms with Crippen molar-refractivity contribution in [3.63, 3.8) is 0 Å². The number of amides is 1. The van der Waals surface area contributed by atoms with E-state index >= 15 is 0 Å². The molecule has 1 aromatic carbocycles. The number of rotatable bonds is 3. The summed E-state index contributed by atoms with van der Waals surface area (Å²) in [4.78, 5) is 24.4. The molecule has 108 valence electrons. The zero-order chi connectivity index (χ0) is 14.8. The Morgan fingerprint density at radius 2 is 1.85 bits per heavy atom. The van der Waals surface area contributed by atoms with E-state index in [0.717, 1.165) is 25.9 Å². The zero-order valence-corrected chi connectivity index (χ0v) is 11.8. The molecule has 0 aromatic heterocycles. The van der Waals surface area contributed by atoms with Crippen LogP contribution in [0.1, 0.15) is 19.8 Å². The van der Waals surface area contributed by atoms with E-state index in [-0.39, 0.29) is 17.0 Å². The highest BCUT2D eigenvalue weighted by Gasteiger charge is 2.36. The van der Waals surface area contributed by atoms with Gasteiger partial charge in [0, 0.05) is 30.3 Å². The van der Waals surface area contributed by atoms with E-state index in [4.69, 9.17) is 0 Å². The fourth-order valence-corrected chi connectivity index (χ4v) is 2.51. The predicted molar refractivity (Wildman–Crippen MR) is 76.7 cm³/mol. The van der Waals surface area contributed by atoms with E-state index in [1.807, 2.05) is 6.92 Å². The van der Waals surface area contributed by atoms with Gasteiger partial charge in [0.2, 0.25) is 5.91 Å². The summed E-state index contributed by atoms with van der Waals surface area (Å²) < 4.78 is 0. The highest BCUT2D eigenvalue weighted by molar-refractivity contribution is 5.97. The number of piperidine rings is 1. The number of hydrogen-bond donors (Lipinski definition) is 1. The first-order chi connectivity index (χ1) is 9.44. The second kappa shape index (κ2) is 5.58. The van der Waals surface area contributed by atoms with Gasteiger partial charge >= 0.3 is 0 Å². The normalized spacial score (nSPS) is 17.5. The van der Waals surface area contributed by atoms with E-state index in [0.29, 0.717) is 5.69 Å². The monoisotopic (exact) mass is 277 g/mol. The third-order valence-electron chi connectivity index (χ3n) is 3.98. The van der Waals surface area contributed by atoms with E-state index in [9.17, 15) is 14.9 Å². The summed E-state index contributed by atoms with van der Waals surface area (Å²) in [6.07, 6.45) is 1.62. The Balaban J connectivity index is 2.15. The maximum absolute atomic E-state index is 12.6. The summed E-state index contributed by atoms with van der Waals surface area (Å²) in [7, 11) is 1.72. The summed E-state index contributed by atoms with van der Waals surface area (Å²) in [5.74, 6) is 0.0628. The minimum Gasteiger partial charge on any atom is -0.317 e. The van der Waals surface area contributed by atoms with Crippen LogP contribution < -0.4 is 10.2 Å². The predicted octanol–water partition coefficient (Wildman–Crippen LogP) is 1.95. The second-order valence-corrected chi connectivity index (χ2v) is 5.45. The number of anilines is 1. The Morgan fingerprint density at radius 1 is 1.30 bits per heavy atom. The van der Waals surface area contributed by atoms with Gasteiger partial charge in [-0.1, -0.05) is 6.92 Å². The molecule has 0 atom stereocenters. The number of nitro benzene ring substituents is 1. The van der Waals surface area contributed by atoms with Gasteiger partial charge in [0.1, 0.15) is 0 Å². The second-order valence-electron chi connectivity index (χ2n) is 5.45. The quantitative estimate of drug-likeness (QED) is 0.676. The van der Waals surface area contributed by atoms with Gasteiger partial charge in [-0.3, -0.25) is 14.9 Å². The first kappa shape index (κ1) is 14.5. The van der Waals surface area contributed by atoms with Crippen LogP contribution >= 0.6 is 0 Å². The smallest absolute Gasteiger partial charge is 0.269 e. The summed E-state index contributed by atoms with van der Waals surface area (Å²) in [5.41, 5.74) is 0.352. The number of benzene rings is 1. The van der Waals surface area contributed by atoms with Gasteiger partial charge < -0.3 is 10.2 Å². The van der Waals surface area contributed by atoms with Crippen LogP contribution in [0.4, 0.5) is 11.4 Å². The molecule has 1 fully saturated rings. The van der Waals surface area contributed by atoms with Gasteiger partial charge in [0.05, 0.1) is 4.92 Å². The molecule has 1 amide bonds. The number of nitrogens with zero attached hydrogens (tertiary/aromatic N) is 2. The molecule has 1 N–H and O–H groups in total. The van der Waals surface area contributed by atoms with Crippen molar-refractivity contribution >= 4 is 17.3 Å². The molecule has 20 heavy (non-hydrogen) atoms. The van der Waals surface area contributed by atoms with Crippen molar-refractivity contribution in [3.8, 4) is 0 Å². The average Bonchev–Trinajstić information content (AvgIpc) is 2.46. The van der Waals surface area contributed by atoms with Crippen LogP contribution in [0.15, 0.2) is 24.3 Å². The van der Waals surface area contributed by atoms with Crippen molar-refractivity contribution < 1.29 is 9.72 Å². The molecule has 2 rings (SSSR count). The molecule has 1 saturated heterocycles. The molecule has 6 nitrogen and oxygen atoms in total. The third kappa shape index (κ3) is 2.80. The fourth-order valence-electron chi connectivity index (χ4n) is 2.51. The number of carbonyl (C=O) groups is 1. The van der Waals surface area contributed by atoms with E-state index in [2.05, 4.69) is 5.32 Å². The van der Waals surface area contributed by atoms with Crippen molar-refractivity contribution in [1.82, 2.24) is 5.32 Å². The van der Waals surface area contributed by atoms with Crippen LogP contribution in [0.3, 0.4) is 0 Å². The first-order valence-corrected chi connectivity index (χ1v) is 6.67. The molecular formula is C14H19N3O3. The minimum absolute atomic E-state index is 0.0303. The lowest BCUT2D eigenvalue weighted by molar-refractivity contribution is -0.384. The molecule has 0 spiro atoms. The standard InChI is InChI=1S/C14H19N3O3/c1-14(7-9-15-10-8-14)13(18)16(2)11-3-5-12(6-4-11)17(19)20/h3-6,15H,7-10H2,1-2H3. The highest BCUT2D eigenvalue weighted by Crippen LogP contribution is 2.32. The number of non-ortho nitro benzene ring substituents is 1. The lowest BCUT2D eigenvalue weighted by Gasteiger charge is -2.36. The van der Waals surface area contributed by atoms with Crippen LogP contribution in [0.25, 0.3) is 0 Å². The minimum atomic E-state index is -0.445. The van der Waals surface area contributed by atoms with Crippen molar-refractivity contribution in [2.75, 3.05) is 25.0 Å². The Bertz CT molecular complexity index is 507. The Labute approximate surface area is 117 Å². The van der Waals surface area contributed by atoms with Crippen molar-refractivity contribution in [2.45, 2.75) is 19.8 Å². The van der Waals surface area contributed by atoms with E-state index in [1.54, 1.807) is 24.1 Å². The molecular weight excluding hydrogens is 258 g/mol. The van der Waals surface area contributed by atoms with Crippen molar-refractivity contribution in [1.29, 1.82) is 0 Å². The molecule has 0 bridgehead atoms. The lowest BCUT2D eigenvalue weighted by Crippen LogP contribution is -2.46. The maximum Gasteiger partial charge on any atom is 0.269 e. The zero-order valence-electron chi connectivity index (χ0n) is 11.8. The molecule has 1 aliphatic heterocycles. The van der Waals surface area contributed by atoms with Crippen LogP contribution in [0, 0.1) is 15.5 Å². The van der Waals surface area contributed by atoms with Crippen LogP contribution in [-0.4, -0.2) is 31.0 Å². The van der Waals surface area contributed by atoms with Gasteiger partial charge in [-0.2, -0.15) is 0 Å². The largest absolute Gasteiger partial charge is 0.317 e. The molecule has 0 saturated carbocycles. The Morgan fingerprint density at radius 3 is 2.35 bits per heavy atom. The number of nitrogens with one attached hydrogen (secondary N) is 1. The summed E-state index contributed by atoms with van der Waals surface area (Å²) in [6, 6.07) is 6.06. The van der Waals surface area contributed by atoms with Crippen molar-refractivity contribution in [3.05, 3.63) is 34.4 Å². The molecule has 1 aliphatic rings. The Kier molecular flexibility index (Phi) is 4.04. The number of nitro groups is 1.